The highest BCUT2D eigenvalue weighted by atomic mass is 15.4. The molecule has 17 heavy (non-hydrogen) atoms. The molecule has 1 aromatic rings. The van der Waals surface area contributed by atoms with Crippen molar-refractivity contribution in [3.8, 4) is 0 Å². The standard InChI is InChI=1S/C13H26N4/c1-5-12-15-13(6-2)17(16-12)11(4)9-8-10-14-7-3/h11,14H,5-10H2,1-4H3. The van der Waals surface area contributed by atoms with Crippen LogP contribution >= 0.6 is 0 Å². The highest BCUT2D eigenvalue weighted by Gasteiger charge is 2.12. The van der Waals surface area contributed by atoms with E-state index in [4.69, 9.17) is 0 Å². The van der Waals surface area contributed by atoms with Crippen LogP contribution in [0.3, 0.4) is 0 Å². The molecule has 1 unspecified atom stereocenters. The van der Waals surface area contributed by atoms with E-state index in [9.17, 15) is 0 Å². The van der Waals surface area contributed by atoms with Crippen LogP contribution in [-0.2, 0) is 12.8 Å². The van der Waals surface area contributed by atoms with Crippen LogP contribution in [0.1, 0.15) is 58.2 Å². The molecule has 0 bridgehead atoms. The minimum atomic E-state index is 0.455. The molecular formula is C13H26N4. The molecular weight excluding hydrogens is 212 g/mol. The predicted molar refractivity (Wildman–Crippen MR) is 71.3 cm³/mol. The molecule has 4 nitrogen and oxygen atoms in total. The van der Waals surface area contributed by atoms with Crippen molar-refractivity contribution in [3.05, 3.63) is 11.6 Å². The van der Waals surface area contributed by atoms with Gasteiger partial charge < -0.3 is 5.32 Å². The zero-order valence-corrected chi connectivity index (χ0v) is 11.7. The Hall–Kier alpha value is -0.900. The van der Waals surface area contributed by atoms with Crippen LogP contribution in [0.5, 0.6) is 0 Å². The Labute approximate surface area is 105 Å². The summed E-state index contributed by atoms with van der Waals surface area (Å²) in [6, 6.07) is 0.455. The largest absolute Gasteiger partial charge is 0.317 e. The van der Waals surface area contributed by atoms with Gasteiger partial charge in [0, 0.05) is 12.8 Å². The molecule has 1 atom stereocenters. The zero-order valence-electron chi connectivity index (χ0n) is 11.7. The molecule has 0 saturated carbocycles. The van der Waals surface area contributed by atoms with Gasteiger partial charge >= 0.3 is 0 Å². The molecule has 1 rings (SSSR count). The third-order valence-corrected chi connectivity index (χ3v) is 3.02. The van der Waals surface area contributed by atoms with Crippen LogP contribution < -0.4 is 5.32 Å². The first-order valence-corrected chi connectivity index (χ1v) is 6.87. The Kier molecular flexibility index (Phi) is 6.19. The van der Waals surface area contributed by atoms with Gasteiger partial charge in [0.15, 0.2) is 5.82 Å². The van der Waals surface area contributed by atoms with E-state index in [1.54, 1.807) is 0 Å². The fourth-order valence-corrected chi connectivity index (χ4v) is 1.97. The lowest BCUT2D eigenvalue weighted by molar-refractivity contribution is 0.424. The summed E-state index contributed by atoms with van der Waals surface area (Å²) < 4.78 is 2.12. The smallest absolute Gasteiger partial charge is 0.150 e. The van der Waals surface area contributed by atoms with Gasteiger partial charge in [-0.1, -0.05) is 20.8 Å². The van der Waals surface area contributed by atoms with E-state index in [0.717, 1.165) is 44.0 Å². The second-order valence-electron chi connectivity index (χ2n) is 4.44. The van der Waals surface area contributed by atoms with Gasteiger partial charge in [0.1, 0.15) is 5.82 Å². The average Bonchev–Trinajstić information content (AvgIpc) is 2.77. The van der Waals surface area contributed by atoms with Crippen molar-refractivity contribution < 1.29 is 0 Å². The van der Waals surface area contributed by atoms with E-state index < -0.39 is 0 Å². The van der Waals surface area contributed by atoms with Crippen LogP contribution in [0.2, 0.25) is 0 Å². The lowest BCUT2D eigenvalue weighted by atomic mass is 10.2. The summed E-state index contributed by atoms with van der Waals surface area (Å²) in [4.78, 5) is 4.55. The Morgan fingerprint density at radius 3 is 2.59 bits per heavy atom. The summed E-state index contributed by atoms with van der Waals surface area (Å²) in [5.74, 6) is 2.10. The van der Waals surface area contributed by atoms with Gasteiger partial charge in [0.05, 0.1) is 6.04 Å². The van der Waals surface area contributed by atoms with Gasteiger partial charge in [-0.25, -0.2) is 9.67 Å². The predicted octanol–water partition coefficient (Wildman–Crippen LogP) is 2.35. The van der Waals surface area contributed by atoms with Crippen molar-refractivity contribution in [2.75, 3.05) is 13.1 Å². The maximum absolute atomic E-state index is 4.58. The molecule has 0 spiro atoms. The number of hydrogen-bond acceptors (Lipinski definition) is 3. The third-order valence-electron chi connectivity index (χ3n) is 3.02. The van der Waals surface area contributed by atoms with E-state index in [2.05, 4.69) is 47.8 Å². The molecule has 0 amide bonds. The van der Waals surface area contributed by atoms with Gasteiger partial charge in [0.25, 0.3) is 0 Å². The zero-order chi connectivity index (χ0) is 12.7. The molecule has 0 fully saturated rings. The summed E-state index contributed by atoms with van der Waals surface area (Å²) in [6.45, 7) is 10.8. The van der Waals surface area contributed by atoms with Crippen LogP contribution in [0.15, 0.2) is 0 Å². The summed E-state index contributed by atoms with van der Waals surface area (Å²) >= 11 is 0. The Balaban J connectivity index is 2.54. The number of rotatable bonds is 8. The topological polar surface area (TPSA) is 42.7 Å². The van der Waals surface area contributed by atoms with Gasteiger partial charge in [-0.2, -0.15) is 5.10 Å². The van der Waals surface area contributed by atoms with Crippen molar-refractivity contribution in [2.24, 2.45) is 0 Å². The molecule has 1 N–H and O–H groups in total. The first-order valence-electron chi connectivity index (χ1n) is 6.87. The number of hydrogen-bond donors (Lipinski definition) is 1. The van der Waals surface area contributed by atoms with Gasteiger partial charge in [-0.05, 0) is 32.9 Å². The van der Waals surface area contributed by atoms with Crippen molar-refractivity contribution in [3.63, 3.8) is 0 Å². The fraction of sp³-hybridized carbons (Fsp3) is 0.846. The lowest BCUT2D eigenvalue weighted by Crippen LogP contribution is -2.17. The fourth-order valence-electron chi connectivity index (χ4n) is 1.97. The minimum absolute atomic E-state index is 0.455. The first-order chi connectivity index (χ1) is 8.22. The van der Waals surface area contributed by atoms with E-state index in [1.165, 1.54) is 6.42 Å². The maximum Gasteiger partial charge on any atom is 0.150 e. The Morgan fingerprint density at radius 1 is 1.24 bits per heavy atom. The van der Waals surface area contributed by atoms with E-state index in [-0.39, 0.29) is 0 Å². The molecule has 0 aliphatic carbocycles. The first kappa shape index (κ1) is 14.2. The molecule has 0 aliphatic rings. The third kappa shape index (κ3) is 4.11. The molecule has 1 aromatic heterocycles. The number of aryl methyl sites for hydroxylation is 2. The summed E-state index contributed by atoms with van der Waals surface area (Å²) in [5, 5.41) is 7.94. The lowest BCUT2D eigenvalue weighted by Gasteiger charge is -2.13. The molecule has 0 radical (unpaired) electrons. The average molecular weight is 238 g/mol. The van der Waals surface area contributed by atoms with Crippen LogP contribution in [0.25, 0.3) is 0 Å². The van der Waals surface area contributed by atoms with E-state index in [1.807, 2.05) is 0 Å². The number of nitrogens with one attached hydrogen (secondary N) is 1. The van der Waals surface area contributed by atoms with E-state index >= 15 is 0 Å². The highest BCUT2D eigenvalue weighted by Crippen LogP contribution is 2.14. The van der Waals surface area contributed by atoms with Crippen molar-refractivity contribution in [2.45, 2.75) is 59.4 Å². The molecule has 0 aromatic carbocycles. The monoisotopic (exact) mass is 238 g/mol. The van der Waals surface area contributed by atoms with Gasteiger partial charge in [0.2, 0.25) is 0 Å². The van der Waals surface area contributed by atoms with Gasteiger partial charge in [-0.15, -0.1) is 0 Å². The Bertz CT molecular complexity index is 319. The van der Waals surface area contributed by atoms with Crippen molar-refractivity contribution >= 4 is 0 Å². The van der Waals surface area contributed by atoms with Gasteiger partial charge in [-0.3, -0.25) is 0 Å². The normalized spacial score (nSPS) is 12.9. The SMILES string of the molecule is CCNCCCC(C)n1nc(CC)nc1CC. The quantitative estimate of drug-likeness (QED) is 0.707. The minimum Gasteiger partial charge on any atom is -0.317 e. The number of aromatic nitrogens is 3. The second-order valence-corrected chi connectivity index (χ2v) is 4.44. The van der Waals surface area contributed by atoms with Crippen LogP contribution in [0.4, 0.5) is 0 Å². The summed E-state index contributed by atoms with van der Waals surface area (Å²) in [5.41, 5.74) is 0. The second kappa shape index (κ2) is 7.43. The molecule has 98 valence electrons. The highest BCUT2D eigenvalue weighted by molar-refractivity contribution is 4.94. The molecule has 1 heterocycles. The summed E-state index contributed by atoms with van der Waals surface area (Å²) in [7, 11) is 0. The molecule has 0 aliphatic heterocycles. The maximum atomic E-state index is 4.58. The van der Waals surface area contributed by atoms with E-state index in [0.29, 0.717) is 6.04 Å². The van der Waals surface area contributed by atoms with Crippen LogP contribution in [0, 0.1) is 0 Å². The van der Waals surface area contributed by atoms with Crippen molar-refractivity contribution in [1.82, 2.24) is 20.1 Å². The summed E-state index contributed by atoms with van der Waals surface area (Å²) in [6.07, 6.45) is 4.24. The molecule has 4 heteroatoms. The number of nitrogens with zero attached hydrogens (tertiary/aromatic N) is 3. The van der Waals surface area contributed by atoms with Crippen LogP contribution in [-0.4, -0.2) is 27.9 Å². The van der Waals surface area contributed by atoms with Crippen molar-refractivity contribution in [1.29, 1.82) is 0 Å². The Morgan fingerprint density at radius 2 is 2.00 bits per heavy atom. The molecule has 0 saturated heterocycles.